The van der Waals surface area contributed by atoms with Gasteiger partial charge in [-0.3, -0.25) is 14.9 Å². The summed E-state index contributed by atoms with van der Waals surface area (Å²) in [6, 6.07) is 12.1. The predicted molar refractivity (Wildman–Crippen MR) is 142 cm³/mol. The van der Waals surface area contributed by atoms with E-state index in [1.807, 2.05) is 0 Å². The summed E-state index contributed by atoms with van der Waals surface area (Å²) in [6.07, 6.45) is 1.33. The lowest BCUT2D eigenvalue weighted by Gasteiger charge is -2.26. The summed E-state index contributed by atoms with van der Waals surface area (Å²) < 4.78 is 25.5. The first-order chi connectivity index (χ1) is 17.7. The first kappa shape index (κ1) is 26.7. The molecule has 1 fully saturated rings. The minimum absolute atomic E-state index is 0.114. The number of ether oxygens (including phenoxy) is 2. The molecule has 1 aliphatic rings. The molecule has 0 aromatic heterocycles. The number of nitrogens with zero attached hydrogens (tertiary/aromatic N) is 1. The van der Waals surface area contributed by atoms with Crippen LogP contribution in [0.25, 0.3) is 6.08 Å². The highest BCUT2D eigenvalue weighted by atomic mass is 79.9. The van der Waals surface area contributed by atoms with E-state index in [2.05, 4.69) is 21.2 Å². The van der Waals surface area contributed by atoms with E-state index in [0.717, 1.165) is 17.0 Å². The number of halogens is 4. The van der Waals surface area contributed by atoms with E-state index in [1.165, 1.54) is 18.2 Å². The number of benzene rings is 3. The molecule has 0 unspecified atom stereocenters. The summed E-state index contributed by atoms with van der Waals surface area (Å²) in [5, 5.41) is 3.08. The molecule has 11 heteroatoms. The molecule has 4 rings (SSSR count). The number of amides is 4. The van der Waals surface area contributed by atoms with E-state index in [9.17, 15) is 18.8 Å². The van der Waals surface area contributed by atoms with E-state index in [1.54, 1.807) is 37.3 Å². The standard InChI is InChI=1S/C26H18BrCl2FN2O5/c1-2-36-22-11-14(10-20(27)23(22)37-13-15-3-4-16(28)12-21(15)29)9-19-24(33)31-26(35)32(25(19)34)18-7-5-17(30)6-8-18/h3-12H,2,13H2,1H3,(H,31,33,35)/b19-9+. The highest BCUT2D eigenvalue weighted by molar-refractivity contribution is 9.10. The molecule has 0 bridgehead atoms. The molecule has 1 N–H and O–H groups in total. The van der Waals surface area contributed by atoms with Crippen LogP contribution < -0.4 is 19.7 Å². The van der Waals surface area contributed by atoms with Crippen LogP contribution in [0, 0.1) is 5.82 Å². The van der Waals surface area contributed by atoms with Gasteiger partial charge in [-0.05, 0) is 83.0 Å². The Hall–Kier alpha value is -3.40. The molecule has 1 aliphatic heterocycles. The second kappa shape index (κ2) is 11.3. The minimum Gasteiger partial charge on any atom is -0.490 e. The van der Waals surface area contributed by atoms with Crippen molar-refractivity contribution in [2.75, 3.05) is 11.5 Å². The second-order valence-corrected chi connectivity index (χ2v) is 9.42. The largest absolute Gasteiger partial charge is 0.490 e. The zero-order chi connectivity index (χ0) is 26.7. The molecule has 3 aromatic carbocycles. The molecule has 37 heavy (non-hydrogen) atoms. The van der Waals surface area contributed by atoms with Gasteiger partial charge in [-0.25, -0.2) is 14.1 Å². The van der Waals surface area contributed by atoms with Gasteiger partial charge in [0, 0.05) is 15.6 Å². The molecule has 1 heterocycles. The normalized spacial score (nSPS) is 14.7. The van der Waals surface area contributed by atoms with Crippen molar-refractivity contribution in [3.05, 3.63) is 91.6 Å². The maximum absolute atomic E-state index is 13.3. The molecule has 0 radical (unpaired) electrons. The van der Waals surface area contributed by atoms with Crippen LogP contribution in [0.3, 0.4) is 0 Å². The van der Waals surface area contributed by atoms with Gasteiger partial charge < -0.3 is 9.47 Å². The van der Waals surface area contributed by atoms with E-state index in [-0.39, 0.29) is 17.9 Å². The lowest BCUT2D eigenvalue weighted by molar-refractivity contribution is -0.122. The molecule has 3 aromatic rings. The highest BCUT2D eigenvalue weighted by Crippen LogP contribution is 2.39. The number of carbonyl (C=O) groups excluding carboxylic acids is 3. The lowest BCUT2D eigenvalue weighted by Crippen LogP contribution is -2.54. The van der Waals surface area contributed by atoms with Crippen molar-refractivity contribution in [1.29, 1.82) is 0 Å². The number of carbonyl (C=O) groups is 3. The fourth-order valence-corrected chi connectivity index (χ4v) is 4.55. The summed E-state index contributed by atoms with van der Waals surface area (Å²) in [4.78, 5) is 38.8. The van der Waals surface area contributed by atoms with Crippen LogP contribution in [-0.2, 0) is 16.2 Å². The number of rotatable bonds is 7. The second-order valence-electron chi connectivity index (χ2n) is 7.72. The highest BCUT2D eigenvalue weighted by Gasteiger charge is 2.37. The Morgan fingerprint density at radius 3 is 2.43 bits per heavy atom. The number of urea groups is 1. The molecule has 0 aliphatic carbocycles. The summed E-state index contributed by atoms with van der Waals surface area (Å²) in [5.74, 6) is -1.51. The van der Waals surface area contributed by atoms with Crippen LogP contribution in [0.15, 0.2) is 64.6 Å². The predicted octanol–water partition coefficient (Wildman–Crippen LogP) is 6.54. The van der Waals surface area contributed by atoms with Gasteiger partial charge in [-0.15, -0.1) is 0 Å². The molecular weight excluding hydrogens is 590 g/mol. The van der Waals surface area contributed by atoms with Crippen molar-refractivity contribution >= 4 is 68.7 Å². The van der Waals surface area contributed by atoms with E-state index >= 15 is 0 Å². The summed E-state index contributed by atoms with van der Waals surface area (Å²) >= 11 is 15.7. The fraction of sp³-hybridized carbons (Fsp3) is 0.115. The first-order valence-electron chi connectivity index (χ1n) is 10.9. The molecule has 7 nitrogen and oxygen atoms in total. The average Bonchev–Trinajstić information content (AvgIpc) is 2.83. The number of barbiturate groups is 1. The molecule has 1 saturated heterocycles. The number of hydrogen-bond donors (Lipinski definition) is 1. The maximum atomic E-state index is 13.3. The van der Waals surface area contributed by atoms with Crippen LogP contribution in [0.5, 0.6) is 11.5 Å². The van der Waals surface area contributed by atoms with E-state index in [4.69, 9.17) is 32.7 Å². The number of imide groups is 2. The Labute approximate surface area is 229 Å². The third-order valence-corrected chi connectivity index (χ3v) is 6.39. The van der Waals surface area contributed by atoms with Crippen LogP contribution in [-0.4, -0.2) is 24.5 Å². The van der Waals surface area contributed by atoms with E-state index < -0.39 is 23.7 Å². The summed E-state index contributed by atoms with van der Waals surface area (Å²) in [7, 11) is 0. The van der Waals surface area contributed by atoms with Crippen molar-refractivity contribution in [3.8, 4) is 11.5 Å². The van der Waals surface area contributed by atoms with Gasteiger partial charge >= 0.3 is 6.03 Å². The smallest absolute Gasteiger partial charge is 0.335 e. The van der Waals surface area contributed by atoms with Crippen molar-refractivity contribution in [2.45, 2.75) is 13.5 Å². The van der Waals surface area contributed by atoms with Gasteiger partial charge in [0.25, 0.3) is 11.8 Å². The molecule has 4 amide bonds. The molecule has 190 valence electrons. The van der Waals surface area contributed by atoms with Crippen LogP contribution >= 0.6 is 39.1 Å². The third kappa shape index (κ3) is 5.95. The molecular formula is C26H18BrCl2FN2O5. The first-order valence-corrected chi connectivity index (χ1v) is 12.4. The molecule has 0 atom stereocenters. The van der Waals surface area contributed by atoms with E-state index in [0.29, 0.717) is 43.8 Å². The Bertz CT molecular complexity index is 1430. The zero-order valence-electron chi connectivity index (χ0n) is 19.2. The van der Waals surface area contributed by atoms with Gasteiger partial charge in [-0.2, -0.15) is 0 Å². The van der Waals surface area contributed by atoms with Crippen LogP contribution in [0.2, 0.25) is 10.0 Å². The molecule has 0 spiro atoms. The summed E-state index contributed by atoms with van der Waals surface area (Å²) in [6.45, 7) is 2.24. The van der Waals surface area contributed by atoms with Gasteiger partial charge in [-0.1, -0.05) is 29.3 Å². The molecule has 0 saturated carbocycles. The number of hydrogen-bond acceptors (Lipinski definition) is 5. The fourth-order valence-electron chi connectivity index (χ4n) is 3.51. The number of anilines is 1. The van der Waals surface area contributed by atoms with Crippen molar-refractivity contribution < 1.29 is 28.2 Å². The average molecular weight is 608 g/mol. The minimum atomic E-state index is -0.931. The zero-order valence-corrected chi connectivity index (χ0v) is 22.3. The Balaban J connectivity index is 1.66. The quantitative estimate of drug-likeness (QED) is 0.243. The lowest BCUT2D eigenvalue weighted by atomic mass is 10.1. The van der Waals surface area contributed by atoms with Gasteiger partial charge in [0.15, 0.2) is 11.5 Å². The third-order valence-electron chi connectivity index (χ3n) is 5.22. The van der Waals surface area contributed by atoms with Crippen molar-refractivity contribution in [1.82, 2.24) is 5.32 Å². The van der Waals surface area contributed by atoms with Gasteiger partial charge in [0.1, 0.15) is 18.0 Å². The van der Waals surface area contributed by atoms with Crippen molar-refractivity contribution in [3.63, 3.8) is 0 Å². The van der Waals surface area contributed by atoms with Crippen molar-refractivity contribution in [2.24, 2.45) is 0 Å². The Morgan fingerprint density at radius 2 is 1.76 bits per heavy atom. The van der Waals surface area contributed by atoms with Crippen LogP contribution in [0.4, 0.5) is 14.9 Å². The summed E-state index contributed by atoms with van der Waals surface area (Å²) in [5.41, 5.74) is 0.962. The maximum Gasteiger partial charge on any atom is 0.335 e. The Morgan fingerprint density at radius 1 is 1.03 bits per heavy atom. The topological polar surface area (TPSA) is 84.9 Å². The SMILES string of the molecule is CCOc1cc(/C=C2\C(=O)NC(=O)N(c3ccc(F)cc3)C2=O)cc(Br)c1OCc1ccc(Cl)cc1Cl. The van der Waals surface area contributed by atoms with Gasteiger partial charge in [0.05, 0.1) is 16.8 Å². The number of nitrogens with one attached hydrogen (secondary N) is 1. The Kier molecular flexibility index (Phi) is 8.16. The van der Waals surface area contributed by atoms with Gasteiger partial charge in [0.2, 0.25) is 0 Å². The van der Waals surface area contributed by atoms with Crippen LogP contribution in [0.1, 0.15) is 18.1 Å². The monoisotopic (exact) mass is 606 g/mol.